The molecule has 4 rings (SSSR count). The van der Waals surface area contributed by atoms with Crippen molar-refractivity contribution in [2.45, 2.75) is 11.4 Å². The van der Waals surface area contributed by atoms with Crippen LogP contribution in [0.5, 0.6) is 0 Å². The Morgan fingerprint density at radius 3 is 2.43 bits per heavy atom. The molecule has 0 radical (unpaired) electrons. The van der Waals surface area contributed by atoms with E-state index in [1.807, 2.05) is 30.3 Å². The van der Waals surface area contributed by atoms with E-state index in [2.05, 4.69) is 5.32 Å². The molecule has 1 aliphatic rings. The van der Waals surface area contributed by atoms with Gasteiger partial charge in [0.2, 0.25) is 5.91 Å². The van der Waals surface area contributed by atoms with Crippen molar-refractivity contribution in [2.24, 2.45) is 0 Å². The highest BCUT2D eigenvalue weighted by Crippen LogP contribution is 2.42. The second-order valence-electron chi connectivity index (χ2n) is 6.43. The summed E-state index contributed by atoms with van der Waals surface area (Å²) >= 11 is 0. The largest absolute Gasteiger partial charge is 0.350 e. The predicted molar refractivity (Wildman–Crippen MR) is 105 cm³/mol. The number of anilines is 1. The van der Waals surface area contributed by atoms with Crippen LogP contribution in [0.15, 0.2) is 77.7 Å². The zero-order valence-corrected chi connectivity index (χ0v) is 15.6. The first-order valence-electron chi connectivity index (χ1n) is 8.69. The number of benzene rings is 3. The molecule has 1 N–H and O–H groups in total. The minimum absolute atomic E-state index is 0.0592. The van der Waals surface area contributed by atoms with Gasteiger partial charge >= 0.3 is 0 Å². The van der Waals surface area contributed by atoms with E-state index in [0.29, 0.717) is 17.7 Å². The SMILES string of the molecule is O=C(CN1c2ccc(F)cc2-c2ccccc2S1(=O)=O)NCc1ccccc1. The van der Waals surface area contributed by atoms with Crippen LogP contribution in [-0.4, -0.2) is 20.9 Å². The Balaban J connectivity index is 1.66. The number of hydrogen-bond acceptors (Lipinski definition) is 3. The molecule has 0 saturated heterocycles. The van der Waals surface area contributed by atoms with Crippen molar-refractivity contribution < 1.29 is 17.6 Å². The summed E-state index contributed by atoms with van der Waals surface area (Å²) in [6.07, 6.45) is 0. The summed E-state index contributed by atoms with van der Waals surface area (Å²) in [5, 5.41) is 2.73. The van der Waals surface area contributed by atoms with Gasteiger partial charge in [0.1, 0.15) is 12.4 Å². The van der Waals surface area contributed by atoms with Gasteiger partial charge in [0.05, 0.1) is 10.6 Å². The maximum atomic E-state index is 13.8. The number of rotatable bonds is 4. The van der Waals surface area contributed by atoms with Crippen LogP contribution in [-0.2, 0) is 21.4 Å². The molecule has 0 aromatic heterocycles. The van der Waals surface area contributed by atoms with Gasteiger partial charge in [-0.3, -0.25) is 9.10 Å². The van der Waals surface area contributed by atoms with E-state index in [0.717, 1.165) is 9.87 Å². The fourth-order valence-electron chi connectivity index (χ4n) is 3.26. The third-order valence-electron chi connectivity index (χ3n) is 4.59. The highest BCUT2D eigenvalue weighted by molar-refractivity contribution is 7.93. The van der Waals surface area contributed by atoms with Crippen molar-refractivity contribution in [3.8, 4) is 11.1 Å². The number of nitrogens with zero attached hydrogens (tertiary/aromatic N) is 1. The molecule has 0 atom stereocenters. The molecular weight excluding hydrogens is 379 g/mol. The summed E-state index contributed by atoms with van der Waals surface area (Å²) in [6, 6.07) is 19.6. The molecule has 142 valence electrons. The summed E-state index contributed by atoms with van der Waals surface area (Å²) < 4.78 is 41.1. The van der Waals surface area contributed by atoms with Crippen molar-refractivity contribution in [2.75, 3.05) is 10.8 Å². The number of amides is 1. The second-order valence-corrected chi connectivity index (χ2v) is 8.26. The number of sulfonamides is 1. The Labute approximate surface area is 162 Å². The van der Waals surface area contributed by atoms with Crippen LogP contribution in [0.3, 0.4) is 0 Å². The van der Waals surface area contributed by atoms with Crippen LogP contribution < -0.4 is 9.62 Å². The van der Waals surface area contributed by atoms with Crippen LogP contribution in [0, 0.1) is 5.82 Å². The van der Waals surface area contributed by atoms with Gasteiger partial charge in [-0.2, -0.15) is 0 Å². The van der Waals surface area contributed by atoms with Gasteiger partial charge in [-0.25, -0.2) is 12.8 Å². The summed E-state index contributed by atoms with van der Waals surface area (Å²) in [6.45, 7) is -0.0947. The lowest BCUT2D eigenvalue weighted by molar-refractivity contribution is -0.119. The van der Waals surface area contributed by atoms with Gasteiger partial charge in [0.25, 0.3) is 10.0 Å². The minimum atomic E-state index is -3.94. The maximum absolute atomic E-state index is 13.8. The second kappa shape index (κ2) is 7.09. The van der Waals surface area contributed by atoms with Crippen molar-refractivity contribution in [1.82, 2.24) is 5.32 Å². The van der Waals surface area contributed by atoms with E-state index in [9.17, 15) is 17.6 Å². The molecule has 1 heterocycles. The number of carbonyl (C=O) groups is 1. The van der Waals surface area contributed by atoms with Crippen LogP contribution in [0.4, 0.5) is 10.1 Å². The van der Waals surface area contributed by atoms with Crippen LogP contribution in [0.2, 0.25) is 0 Å². The number of carbonyl (C=O) groups excluding carboxylic acids is 1. The van der Waals surface area contributed by atoms with Crippen LogP contribution in [0.25, 0.3) is 11.1 Å². The van der Waals surface area contributed by atoms with Crippen molar-refractivity contribution in [1.29, 1.82) is 0 Å². The van der Waals surface area contributed by atoms with Gasteiger partial charge in [0.15, 0.2) is 0 Å². The molecule has 0 fully saturated rings. The molecule has 0 aliphatic carbocycles. The summed E-state index contributed by atoms with van der Waals surface area (Å²) in [5.41, 5.74) is 2.07. The minimum Gasteiger partial charge on any atom is -0.350 e. The van der Waals surface area contributed by atoms with Crippen molar-refractivity contribution in [3.05, 3.63) is 84.2 Å². The maximum Gasteiger partial charge on any atom is 0.265 e. The van der Waals surface area contributed by atoms with Gasteiger partial charge in [-0.15, -0.1) is 0 Å². The first-order valence-corrected chi connectivity index (χ1v) is 10.1. The molecule has 1 aliphatic heterocycles. The van der Waals surface area contributed by atoms with E-state index in [-0.39, 0.29) is 17.1 Å². The summed E-state index contributed by atoms with van der Waals surface area (Å²) in [5.74, 6) is -0.914. The number of halogens is 1. The Morgan fingerprint density at radius 2 is 1.64 bits per heavy atom. The monoisotopic (exact) mass is 396 g/mol. The molecule has 0 saturated carbocycles. The van der Waals surface area contributed by atoms with Crippen molar-refractivity contribution in [3.63, 3.8) is 0 Å². The lowest BCUT2D eigenvalue weighted by Gasteiger charge is -2.31. The average Bonchev–Trinajstić information content (AvgIpc) is 2.71. The predicted octanol–water partition coefficient (Wildman–Crippen LogP) is 3.32. The summed E-state index contributed by atoms with van der Waals surface area (Å²) in [4.78, 5) is 12.5. The molecule has 3 aromatic carbocycles. The fourth-order valence-corrected chi connectivity index (χ4v) is 4.91. The van der Waals surface area contributed by atoms with E-state index >= 15 is 0 Å². The topological polar surface area (TPSA) is 66.5 Å². The van der Waals surface area contributed by atoms with Gasteiger partial charge in [-0.1, -0.05) is 48.5 Å². The normalized spacial score (nSPS) is 14.1. The summed E-state index contributed by atoms with van der Waals surface area (Å²) in [7, 11) is -3.94. The van der Waals surface area contributed by atoms with Crippen molar-refractivity contribution >= 4 is 21.6 Å². The number of nitrogens with one attached hydrogen (secondary N) is 1. The molecule has 5 nitrogen and oxygen atoms in total. The highest BCUT2D eigenvalue weighted by Gasteiger charge is 2.35. The smallest absolute Gasteiger partial charge is 0.265 e. The third-order valence-corrected chi connectivity index (χ3v) is 6.41. The fraction of sp³-hybridized carbons (Fsp3) is 0.0952. The Morgan fingerprint density at radius 1 is 0.929 bits per heavy atom. The zero-order chi connectivity index (χ0) is 19.7. The molecule has 3 aromatic rings. The molecule has 7 heteroatoms. The molecule has 0 bridgehead atoms. The van der Waals surface area contributed by atoms with Gasteiger partial charge in [-0.05, 0) is 29.8 Å². The average molecular weight is 396 g/mol. The van der Waals surface area contributed by atoms with E-state index in [1.54, 1.807) is 18.2 Å². The number of fused-ring (bicyclic) bond motifs is 3. The first kappa shape index (κ1) is 18.2. The third kappa shape index (κ3) is 3.25. The quantitative estimate of drug-likeness (QED) is 0.736. The number of hydrogen-bond donors (Lipinski definition) is 1. The van der Waals surface area contributed by atoms with E-state index in [4.69, 9.17) is 0 Å². The first-order chi connectivity index (χ1) is 13.5. The standard InChI is InChI=1S/C21H17FN2O3S/c22-16-10-11-19-18(12-16)17-8-4-5-9-20(17)28(26,27)24(19)14-21(25)23-13-15-6-2-1-3-7-15/h1-12H,13-14H2,(H,23,25). The van der Waals surface area contributed by atoms with Gasteiger partial charge in [0, 0.05) is 17.7 Å². The van der Waals surface area contributed by atoms with E-state index in [1.165, 1.54) is 24.3 Å². The Hall–Kier alpha value is -3.19. The highest BCUT2D eigenvalue weighted by atomic mass is 32.2. The molecular formula is C21H17FN2O3S. The zero-order valence-electron chi connectivity index (χ0n) is 14.8. The van der Waals surface area contributed by atoms with Crippen LogP contribution >= 0.6 is 0 Å². The van der Waals surface area contributed by atoms with Gasteiger partial charge < -0.3 is 5.32 Å². The van der Waals surface area contributed by atoms with Crippen LogP contribution in [0.1, 0.15) is 5.56 Å². The molecule has 1 amide bonds. The molecule has 0 spiro atoms. The Kier molecular flexibility index (Phi) is 4.60. The lowest BCUT2D eigenvalue weighted by Crippen LogP contribution is -2.42. The molecule has 28 heavy (non-hydrogen) atoms. The lowest BCUT2D eigenvalue weighted by atomic mass is 10.0. The van der Waals surface area contributed by atoms with E-state index < -0.39 is 21.7 Å². The Bertz CT molecular complexity index is 1150. The molecule has 0 unspecified atom stereocenters.